The SMILES string of the molecule is C1CC[N+]2(C1)CCCC2.F[P-](F)(F)(F)(F)F. The summed E-state index contributed by atoms with van der Waals surface area (Å²) >= 11 is 0. The molecule has 0 bridgehead atoms. The van der Waals surface area contributed by atoms with Crippen molar-refractivity contribution in [2.24, 2.45) is 0 Å². The maximum atomic E-state index is 9.87. The zero-order valence-corrected chi connectivity index (χ0v) is 9.71. The molecule has 2 aliphatic rings. The summed E-state index contributed by atoms with van der Waals surface area (Å²) in [6.45, 7) is 6.00. The van der Waals surface area contributed by atoms with Crippen LogP contribution >= 0.6 is 7.81 Å². The van der Waals surface area contributed by atoms with E-state index >= 15 is 0 Å². The molecule has 0 amide bonds. The van der Waals surface area contributed by atoms with Crippen LogP contribution in [-0.2, 0) is 0 Å². The third-order valence-corrected chi connectivity index (χ3v) is 3.03. The number of hydrogen-bond acceptors (Lipinski definition) is 0. The molecule has 0 N–H and O–H groups in total. The molecule has 0 atom stereocenters. The third kappa shape index (κ3) is 7.28. The van der Waals surface area contributed by atoms with Gasteiger partial charge in [-0.3, -0.25) is 0 Å². The molecule has 1 spiro atoms. The normalized spacial score (nSPS) is 28.1. The van der Waals surface area contributed by atoms with Crippen molar-refractivity contribution in [3.8, 4) is 0 Å². The average Bonchev–Trinajstić information content (AvgIpc) is 2.58. The summed E-state index contributed by atoms with van der Waals surface area (Å²) in [5.74, 6) is 0. The molecule has 16 heavy (non-hydrogen) atoms. The molecule has 0 aromatic rings. The summed E-state index contributed by atoms with van der Waals surface area (Å²) in [5.41, 5.74) is 0. The minimum absolute atomic E-state index is 1.50. The summed E-state index contributed by atoms with van der Waals surface area (Å²) in [4.78, 5) is 0. The van der Waals surface area contributed by atoms with Gasteiger partial charge in [0.2, 0.25) is 0 Å². The molecule has 0 unspecified atom stereocenters. The van der Waals surface area contributed by atoms with Crippen LogP contribution in [0.25, 0.3) is 0 Å². The van der Waals surface area contributed by atoms with E-state index in [0.29, 0.717) is 0 Å². The van der Waals surface area contributed by atoms with Gasteiger partial charge < -0.3 is 4.48 Å². The predicted molar refractivity (Wildman–Crippen MR) is 51.8 cm³/mol. The van der Waals surface area contributed by atoms with E-state index in [9.17, 15) is 25.2 Å². The third-order valence-electron chi connectivity index (χ3n) is 3.03. The van der Waals surface area contributed by atoms with Crippen molar-refractivity contribution in [2.75, 3.05) is 26.2 Å². The summed E-state index contributed by atoms with van der Waals surface area (Å²) in [5, 5.41) is 0. The molecule has 2 fully saturated rings. The zero-order chi connectivity index (χ0) is 12.6. The van der Waals surface area contributed by atoms with Crippen LogP contribution in [0.2, 0.25) is 0 Å². The fraction of sp³-hybridized carbons (Fsp3) is 1.00. The van der Waals surface area contributed by atoms with Gasteiger partial charge in [0.25, 0.3) is 0 Å². The molecule has 100 valence electrons. The van der Waals surface area contributed by atoms with Crippen LogP contribution in [0.1, 0.15) is 25.7 Å². The second-order valence-electron chi connectivity index (χ2n) is 4.61. The van der Waals surface area contributed by atoms with Crippen LogP contribution in [0.3, 0.4) is 0 Å². The van der Waals surface area contributed by atoms with Gasteiger partial charge in [-0.2, -0.15) is 0 Å². The second kappa shape index (κ2) is 3.48. The van der Waals surface area contributed by atoms with Crippen LogP contribution < -0.4 is 0 Å². The summed E-state index contributed by atoms with van der Waals surface area (Å²) < 4.78 is 60.7. The van der Waals surface area contributed by atoms with E-state index in [-0.39, 0.29) is 0 Å². The van der Waals surface area contributed by atoms with E-state index in [4.69, 9.17) is 0 Å². The Morgan fingerprint density at radius 1 is 0.562 bits per heavy atom. The van der Waals surface area contributed by atoms with Crippen LogP contribution in [0.15, 0.2) is 0 Å². The monoisotopic (exact) mass is 271 g/mol. The Balaban J connectivity index is 0.000000168. The molecule has 8 heteroatoms. The Morgan fingerprint density at radius 3 is 0.938 bits per heavy atom. The van der Waals surface area contributed by atoms with E-state index in [1.165, 1.54) is 56.3 Å². The van der Waals surface area contributed by atoms with Crippen molar-refractivity contribution in [1.82, 2.24) is 0 Å². The molecule has 2 rings (SSSR count). The Morgan fingerprint density at radius 2 is 0.750 bits per heavy atom. The summed E-state index contributed by atoms with van der Waals surface area (Å²) in [6, 6.07) is 0. The molecule has 1 nitrogen and oxygen atoms in total. The molecular weight excluding hydrogens is 255 g/mol. The molecule has 0 aromatic heterocycles. The van der Waals surface area contributed by atoms with Gasteiger partial charge in [0, 0.05) is 25.7 Å². The van der Waals surface area contributed by atoms with E-state index < -0.39 is 7.81 Å². The number of rotatable bonds is 0. The van der Waals surface area contributed by atoms with Crippen molar-refractivity contribution in [3.05, 3.63) is 0 Å². The van der Waals surface area contributed by atoms with E-state index in [1.54, 1.807) is 0 Å². The second-order valence-corrected chi connectivity index (χ2v) is 6.53. The summed E-state index contributed by atoms with van der Waals surface area (Å²) in [7, 11) is -10.7. The number of hydrogen-bond donors (Lipinski definition) is 0. The zero-order valence-electron chi connectivity index (χ0n) is 8.82. The van der Waals surface area contributed by atoms with Crippen LogP contribution in [-0.4, -0.2) is 30.7 Å². The van der Waals surface area contributed by atoms with E-state index in [1.807, 2.05) is 0 Å². The quantitative estimate of drug-likeness (QED) is 0.338. The minimum atomic E-state index is -10.7. The first-order valence-electron chi connectivity index (χ1n) is 5.28. The van der Waals surface area contributed by atoms with Gasteiger partial charge in [-0.1, -0.05) is 0 Å². The molecule has 2 heterocycles. The Bertz CT molecular complexity index is 216. The Kier molecular flexibility index (Phi) is 3.05. The van der Waals surface area contributed by atoms with Gasteiger partial charge in [0.05, 0.1) is 26.2 Å². The molecule has 0 radical (unpaired) electrons. The average molecular weight is 271 g/mol. The Labute approximate surface area is 90.2 Å². The van der Waals surface area contributed by atoms with Gasteiger partial charge in [0.1, 0.15) is 0 Å². The van der Waals surface area contributed by atoms with Gasteiger partial charge in [-0.05, 0) is 0 Å². The van der Waals surface area contributed by atoms with Crippen molar-refractivity contribution in [1.29, 1.82) is 0 Å². The fourth-order valence-corrected chi connectivity index (χ4v) is 2.46. The summed E-state index contributed by atoms with van der Waals surface area (Å²) in [6.07, 6.45) is 6.00. The number of nitrogens with zero attached hydrogens (tertiary/aromatic N) is 1. The molecule has 0 aromatic carbocycles. The van der Waals surface area contributed by atoms with Crippen molar-refractivity contribution < 1.29 is 29.7 Å². The van der Waals surface area contributed by atoms with Crippen molar-refractivity contribution >= 4 is 7.81 Å². The topological polar surface area (TPSA) is 0 Å². The molecule has 0 saturated carbocycles. The fourth-order valence-electron chi connectivity index (χ4n) is 2.46. The van der Waals surface area contributed by atoms with Gasteiger partial charge in [0.15, 0.2) is 0 Å². The van der Waals surface area contributed by atoms with Gasteiger partial charge in [-0.15, -0.1) is 0 Å². The number of halogens is 6. The van der Waals surface area contributed by atoms with E-state index in [2.05, 4.69) is 0 Å². The van der Waals surface area contributed by atoms with Crippen LogP contribution in [0, 0.1) is 0 Å². The predicted octanol–water partition coefficient (Wildman–Crippen LogP) is 4.77. The van der Waals surface area contributed by atoms with Crippen LogP contribution in [0.4, 0.5) is 25.2 Å². The maximum absolute atomic E-state index is 10.7. The molecule has 2 saturated heterocycles. The first-order chi connectivity index (χ1) is 6.86. The van der Waals surface area contributed by atoms with Crippen molar-refractivity contribution in [2.45, 2.75) is 25.7 Å². The van der Waals surface area contributed by atoms with Crippen LogP contribution in [0.5, 0.6) is 0 Å². The van der Waals surface area contributed by atoms with Gasteiger partial charge in [-0.25, -0.2) is 0 Å². The number of quaternary nitrogens is 1. The van der Waals surface area contributed by atoms with E-state index in [0.717, 1.165) is 0 Å². The van der Waals surface area contributed by atoms with Crippen molar-refractivity contribution in [3.63, 3.8) is 0 Å². The first kappa shape index (κ1) is 14.0. The molecule has 2 aliphatic heterocycles. The van der Waals surface area contributed by atoms with Gasteiger partial charge >= 0.3 is 33.0 Å². The standard InChI is InChI=1S/C8H16N.F6P/c1-2-6-9(5-1)7-3-4-8-9;1-7(2,3,4,5)6/h1-8H2;/q+1;-1. The Hall–Kier alpha value is -0.0300. The molecule has 0 aliphatic carbocycles. The first-order valence-corrected chi connectivity index (χ1v) is 7.31. The molecular formula is C8H16F6NP.